The molecule has 0 unspecified atom stereocenters. The van der Waals surface area contributed by atoms with Gasteiger partial charge in [-0.25, -0.2) is 4.98 Å². The lowest BCUT2D eigenvalue weighted by Crippen LogP contribution is -2.46. The molecule has 1 fully saturated rings. The van der Waals surface area contributed by atoms with Gasteiger partial charge in [-0.3, -0.25) is 0 Å². The highest BCUT2D eigenvalue weighted by Gasteiger charge is 2.17. The molecule has 1 N–H and O–H groups in total. The zero-order chi connectivity index (χ0) is 19.9. The SMILES string of the molecule is CCc1nnc(NCc2ccnc(N3CCN(CC)CC3)c2)c(C#N)c1CC. The Morgan fingerprint density at radius 3 is 2.54 bits per heavy atom. The topological polar surface area (TPSA) is 81.0 Å². The maximum atomic E-state index is 9.63. The summed E-state index contributed by atoms with van der Waals surface area (Å²) in [6.45, 7) is 12.1. The number of hydrogen-bond donors (Lipinski definition) is 1. The number of pyridine rings is 1. The minimum absolute atomic E-state index is 0.562. The van der Waals surface area contributed by atoms with Crippen molar-refractivity contribution in [2.24, 2.45) is 0 Å². The number of rotatable bonds is 7. The van der Waals surface area contributed by atoms with Crippen molar-refractivity contribution in [3.05, 3.63) is 40.7 Å². The molecule has 0 aliphatic carbocycles. The number of nitrogens with one attached hydrogen (secondary N) is 1. The largest absolute Gasteiger partial charge is 0.363 e. The van der Waals surface area contributed by atoms with Crippen molar-refractivity contribution >= 4 is 11.6 Å². The van der Waals surface area contributed by atoms with Gasteiger partial charge in [0.15, 0.2) is 5.82 Å². The number of aromatic nitrogens is 3. The highest BCUT2D eigenvalue weighted by Crippen LogP contribution is 2.21. The highest BCUT2D eigenvalue weighted by atomic mass is 15.3. The van der Waals surface area contributed by atoms with Gasteiger partial charge in [0.1, 0.15) is 17.5 Å². The Balaban J connectivity index is 1.71. The second-order valence-electron chi connectivity index (χ2n) is 6.96. The van der Waals surface area contributed by atoms with E-state index in [1.54, 1.807) is 0 Å². The van der Waals surface area contributed by atoms with Crippen LogP contribution in [0.3, 0.4) is 0 Å². The molecule has 7 heteroatoms. The van der Waals surface area contributed by atoms with E-state index in [2.05, 4.69) is 49.4 Å². The average Bonchev–Trinajstić information content (AvgIpc) is 2.77. The van der Waals surface area contributed by atoms with Gasteiger partial charge in [0.25, 0.3) is 0 Å². The number of nitrogens with zero attached hydrogens (tertiary/aromatic N) is 6. The molecule has 7 nitrogen and oxygen atoms in total. The van der Waals surface area contributed by atoms with Gasteiger partial charge in [-0.15, -0.1) is 5.10 Å². The minimum Gasteiger partial charge on any atom is -0.363 e. The molecular weight excluding hydrogens is 350 g/mol. The second-order valence-corrected chi connectivity index (χ2v) is 6.96. The maximum Gasteiger partial charge on any atom is 0.167 e. The van der Waals surface area contributed by atoms with Gasteiger partial charge in [0.2, 0.25) is 0 Å². The van der Waals surface area contributed by atoms with Crippen LogP contribution in [0, 0.1) is 11.3 Å². The molecule has 0 aromatic carbocycles. The van der Waals surface area contributed by atoms with E-state index in [-0.39, 0.29) is 0 Å². The van der Waals surface area contributed by atoms with Crippen molar-refractivity contribution < 1.29 is 0 Å². The third kappa shape index (κ3) is 4.39. The summed E-state index contributed by atoms with van der Waals surface area (Å²) in [5, 5.41) is 21.5. The molecule has 0 atom stereocenters. The predicted octanol–water partition coefficient (Wildman–Crippen LogP) is 2.62. The van der Waals surface area contributed by atoms with E-state index in [9.17, 15) is 5.26 Å². The van der Waals surface area contributed by atoms with Gasteiger partial charge in [-0.1, -0.05) is 20.8 Å². The summed E-state index contributed by atoms with van der Waals surface area (Å²) in [5.74, 6) is 1.57. The van der Waals surface area contributed by atoms with Crippen LogP contribution in [0.15, 0.2) is 18.3 Å². The Morgan fingerprint density at radius 2 is 1.89 bits per heavy atom. The van der Waals surface area contributed by atoms with Crippen molar-refractivity contribution in [1.29, 1.82) is 5.26 Å². The molecule has 0 amide bonds. The monoisotopic (exact) mass is 379 g/mol. The van der Waals surface area contributed by atoms with Gasteiger partial charge >= 0.3 is 0 Å². The van der Waals surface area contributed by atoms with Crippen molar-refractivity contribution in [1.82, 2.24) is 20.1 Å². The molecule has 3 rings (SSSR count). The Bertz CT molecular complexity index is 835. The van der Waals surface area contributed by atoms with Gasteiger partial charge in [0.05, 0.1) is 5.69 Å². The van der Waals surface area contributed by atoms with E-state index >= 15 is 0 Å². The Labute approximate surface area is 167 Å². The molecule has 0 bridgehead atoms. The van der Waals surface area contributed by atoms with Gasteiger partial charge in [-0.2, -0.15) is 10.4 Å². The summed E-state index contributed by atoms with van der Waals surface area (Å²) in [4.78, 5) is 9.34. The molecule has 1 aliphatic rings. The standard InChI is InChI=1S/C21H29N7/c1-4-17-18(14-22)21(26-25-19(17)5-2)24-15-16-7-8-23-20(13-16)28-11-9-27(6-3)10-12-28/h7-8,13H,4-6,9-12,15H2,1-3H3,(H,24,26). The first-order valence-corrected chi connectivity index (χ1v) is 10.1. The van der Waals surface area contributed by atoms with Crippen molar-refractivity contribution in [3.63, 3.8) is 0 Å². The van der Waals surface area contributed by atoms with Crippen LogP contribution in [0.5, 0.6) is 0 Å². The predicted molar refractivity (Wildman–Crippen MR) is 111 cm³/mol. The normalized spacial score (nSPS) is 14.7. The summed E-state index contributed by atoms with van der Waals surface area (Å²) >= 11 is 0. The number of piperazine rings is 1. The summed E-state index contributed by atoms with van der Waals surface area (Å²) in [6.07, 6.45) is 3.41. The molecule has 0 spiro atoms. The van der Waals surface area contributed by atoms with Crippen LogP contribution in [0.25, 0.3) is 0 Å². The average molecular weight is 380 g/mol. The van der Waals surface area contributed by atoms with Crippen LogP contribution in [0.1, 0.15) is 43.2 Å². The molecule has 0 radical (unpaired) electrons. The van der Waals surface area contributed by atoms with Crippen molar-refractivity contribution in [3.8, 4) is 6.07 Å². The van der Waals surface area contributed by atoms with Crippen LogP contribution in [-0.2, 0) is 19.4 Å². The first-order chi connectivity index (χ1) is 13.7. The molecule has 3 heterocycles. The second kappa shape index (κ2) is 9.47. The van der Waals surface area contributed by atoms with Crippen LogP contribution < -0.4 is 10.2 Å². The smallest absolute Gasteiger partial charge is 0.167 e. The molecule has 148 valence electrons. The highest BCUT2D eigenvalue weighted by molar-refractivity contribution is 5.57. The lowest BCUT2D eigenvalue weighted by atomic mass is 10.0. The van der Waals surface area contributed by atoms with E-state index in [1.807, 2.05) is 26.1 Å². The van der Waals surface area contributed by atoms with Crippen molar-refractivity contribution in [2.45, 2.75) is 40.2 Å². The van der Waals surface area contributed by atoms with E-state index in [1.165, 1.54) is 0 Å². The number of nitriles is 1. The lowest BCUT2D eigenvalue weighted by molar-refractivity contribution is 0.270. The summed E-state index contributed by atoms with van der Waals surface area (Å²) in [6, 6.07) is 6.43. The Hall–Kier alpha value is -2.72. The Morgan fingerprint density at radius 1 is 1.11 bits per heavy atom. The molecule has 0 saturated carbocycles. The maximum absolute atomic E-state index is 9.63. The van der Waals surface area contributed by atoms with E-state index in [0.717, 1.165) is 68.2 Å². The zero-order valence-corrected chi connectivity index (χ0v) is 17.1. The van der Waals surface area contributed by atoms with Crippen LogP contribution >= 0.6 is 0 Å². The molecule has 2 aromatic rings. The molecule has 1 saturated heterocycles. The fourth-order valence-corrected chi connectivity index (χ4v) is 3.64. The van der Waals surface area contributed by atoms with E-state index < -0.39 is 0 Å². The first kappa shape index (κ1) is 20.0. The number of hydrogen-bond acceptors (Lipinski definition) is 7. The number of likely N-dealkylation sites (N-methyl/N-ethyl adjacent to an activating group) is 1. The van der Waals surface area contributed by atoms with Gasteiger partial charge in [0, 0.05) is 38.9 Å². The quantitative estimate of drug-likeness (QED) is 0.792. The minimum atomic E-state index is 0.562. The van der Waals surface area contributed by atoms with Gasteiger partial charge in [-0.05, 0) is 42.6 Å². The van der Waals surface area contributed by atoms with Crippen molar-refractivity contribution in [2.75, 3.05) is 42.9 Å². The van der Waals surface area contributed by atoms with Crippen LogP contribution in [-0.4, -0.2) is 52.8 Å². The first-order valence-electron chi connectivity index (χ1n) is 10.1. The molecular formula is C21H29N7. The van der Waals surface area contributed by atoms with E-state index in [0.29, 0.717) is 17.9 Å². The lowest BCUT2D eigenvalue weighted by Gasteiger charge is -2.34. The molecule has 28 heavy (non-hydrogen) atoms. The third-order valence-electron chi connectivity index (χ3n) is 5.37. The molecule has 2 aromatic heterocycles. The third-order valence-corrected chi connectivity index (χ3v) is 5.37. The van der Waals surface area contributed by atoms with E-state index in [4.69, 9.17) is 0 Å². The Kier molecular flexibility index (Phi) is 6.77. The van der Waals surface area contributed by atoms with Crippen LogP contribution in [0.2, 0.25) is 0 Å². The molecule has 1 aliphatic heterocycles. The van der Waals surface area contributed by atoms with Gasteiger partial charge < -0.3 is 15.1 Å². The van der Waals surface area contributed by atoms with Crippen LogP contribution in [0.4, 0.5) is 11.6 Å². The summed E-state index contributed by atoms with van der Waals surface area (Å²) in [7, 11) is 0. The fourth-order valence-electron chi connectivity index (χ4n) is 3.64. The fraction of sp³-hybridized carbons (Fsp3) is 0.524. The number of aryl methyl sites for hydroxylation is 1. The zero-order valence-electron chi connectivity index (χ0n) is 17.1. The summed E-state index contributed by atoms with van der Waals surface area (Å²) in [5.41, 5.74) is 3.62. The number of anilines is 2. The summed E-state index contributed by atoms with van der Waals surface area (Å²) < 4.78 is 0.